The summed E-state index contributed by atoms with van der Waals surface area (Å²) in [5, 5.41) is 4.39. The van der Waals surface area contributed by atoms with Crippen LogP contribution in [0.5, 0.6) is 0 Å². The summed E-state index contributed by atoms with van der Waals surface area (Å²) in [6, 6.07) is 8.92. The smallest absolute Gasteiger partial charge is 0.257 e. The van der Waals surface area contributed by atoms with Gasteiger partial charge in [0.15, 0.2) is 0 Å². The number of rotatable bonds is 8. The monoisotopic (exact) mass is 438 g/mol. The molecule has 0 saturated carbocycles. The number of likely N-dealkylation sites (tertiary alicyclic amines) is 1. The van der Waals surface area contributed by atoms with Crippen molar-refractivity contribution < 1.29 is 9.53 Å². The van der Waals surface area contributed by atoms with Crippen LogP contribution in [0.15, 0.2) is 36.7 Å². The van der Waals surface area contributed by atoms with E-state index in [0.717, 1.165) is 58.5 Å². The molecular weight excluding hydrogens is 400 g/mol. The van der Waals surface area contributed by atoms with Crippen molar-refractivity contribution >= 4 is 5.91 Å². The number of nitrogens with zero attached hydrogens (tertiary/aromatic N) is 4. The van der Waals surface area contributed by atoms with Gasteiger partial charge >= 0.3 is 0 Å². The Morgan fingerprint density at radius 2 is 1.97 bits per heavy atom. The van der Waals surface area contributed by atoms with Crippen LogP contribution in [0.3, 0.4) is 0 Å². The zero-order valence-corrected chi connectivity index (χ0v) is 19.9. The molecule has 0 N–H and O–H groups in total. The molecule has 1 amide bonds. The molecule has 3 heterocycles. The van der Waals surface area contributed by atoms with Gasteiger partial charge in [0.05, 0.1) is 17.9 Å². The molecule has 0 spiro atoms. The first-order valence-electron chi connectivity index (χ1n) is 12.2. The maximum absolute atomic E-state index is 13.4. The first-order valence-corrected chi connectivity index (χ1v) is 12.2. The molecular formula is C26H38N4O2. The van der Waals surface area contributed by atoms with Gasteiger partial charge in [0.1, 0.15) is 0 Å². The predicted octanol–water partition coefficient (Wildman–Crippen LogP) is 4.31. The second-order valence-electron chi connectivity index (χ2n) is 9.79. The first-order chi connectivity index (χ1) is 15.5. The van der Waals surface area contributed by atoms with Gasteiger partial charge in [-0.1, -0.05) is 24.3 Å². The molecule has 4 rings (SSSR count). The molecule has 0 radical (unpaired) electrons. The number of hydrogen-bond donors (Lipinski definition) is 0. The summed E-state index contributed by atoms with van der Waals surface area (Å²) in [5.41, 5.74) is 3.47. The Bertz CT molecular complexity index is 879. The fourth-order valence-electron chi connectivity index (χ4n) is 4.86. The van der Waals surface area contributed by atoms with E-state index in [1.807, 2.05) is 15.8 Å². The van der Waals surface area contributed by atoms with Crippen molar-refractivity contribution in [3.63, 3.8) is 0 Å². The maximum Gasteiger partial charge on any atom is 0.257 e. The van der Waals surface area contributed by atoms with Crippen molar-refractivity contribution in [1.82, 2.24) is 19.6 Å². The van der Waals surface area contributed by atoms with Crippen LogP contribution in [0.4, 0.5) is 0 Å². The quantitative estimate of drug-likeness (QED) is 0.616. The van der Waals surface area contributed by atoms with E-state index in [2.05, 4.69) is 55.0 Å². The van der Waals surface area contributed by atoms with Gasteiger partial charge in [0.25, 0.3) is 5.91 Å². The Labute approximate surface area is 192 Å². The van der Waals surface area contributed by atoms with E-state index in [1.54, 1.807) is 6.20 Å². The lowest BCUT2D eigenvalue weighted by Crippen LogP contribution is -2.43. The number of aryl methyl sites for hydroxylation is 1. The molecule has 0 unspecified atom stereocenters. The van der Waals surface area contributed by atoms with Gasteiger partial charge in [0.2, 0.25) is 0 Å². The summed E-state index contributed by atoms with van der Waals surface area (Å²) in [4.78, 5) is 18.0. The lowest BCUT2D eigenvalue weighted by atomic mass is 9.95. The van der Waals surface area contributed by atoms with Crippen LogP contribution in [-0.4, -0.2) is 64.4 Å². The third-order valence-electron chi connectivity index (χ3n) is 6.95. The van der Waals surface area contributed by atoms with Crippen molar-refractivity contribution in [3.8, 4) is 0 Å². The fourth-order valence-corrected chi connectivity index (χ4v) is 4.86. The molecule has 174 valence electrons. The molecule has 2 fully saturated rings. The molecule has 0 bridgehead atoms. The van der Waals surface area contributed by atoms with Crippen molar-refractivity contribution in [2.75, 3.05) is 32.8 Å². The normalized spacial score (nSPS) is 20.2. The zero-order valence-electron chi connectivity index (χ0n) is 19.9. The fraction of sp³-hybridized carbons (Fsp3) is 0.615. The largest absolute Gasteiger partial charge is 0.376 e. The summed E-state index contributed by atoms with van der Waals surface area (Å²) < 4.78 is 7.74. The maximum atomic E-state index is 13.4. The second-order valence-corrected chi connectivity index (χ2v) is 9.79. The average molecular weight is 439 g/mol. The van der Waals surface area contributed by atoms with Gasteiger partial charge in [-0.15, -0.1) is 0 Å². The topological polar surface area (TPSA) is 50.6 Å². The lowest BCUT2D eigenvalue weighted by molar-refractivity contribution is 0.0444. The zero-order chi connectivity index (χ0) is 22.5. The van der Waals surface area contributed by atoms with Crippen LogP contribution in [0.2, 0.25) is 0 Å². The Balaban J connectivity index is 1.36. The molecule has 32 heavy (non-hydrogen) atoms. The highest BCUT2D eigenvalue weighted by molar-refractivity contribution is 5.93. The van der Waals surface area contributed by atoms with Gasteiger partial charge in [-0.3, -0.25) is 14.4 Å². The highest BCUT2D eigenvalue weighted by atomic mass is 16.5. The van der Waals surface area contributed by atoms with E-state index in [9.17, 15) is 4.79 Å². The number of hydrogen-bond acceptors (Lipinski definition) is 4. The molecule has 2 aromatic rings. The summed E-state index contributed by atoms with van der Waals surface area (Å²) in [5.74, 6) is 0.628. The van der Waals surface area contributed by atoms with Crippen molar-refractivity contribution in [3.05, 3.63) is 53.3 Å². The van der Waals surface area contributed by atoms with Crippen molar-refractivity contribution in [1.29, 1.82) is 0 Å². The number of carbonyl (C=O) groups is 1. The lowest BCUT2D eigenvalue weighted by Gasteiger charge is -2.35. The van der Waals surface area contributed by atoms with Gasteiger partial charge in [-0.05, 0) is 76.6 Å². The highest BCUT2D eigenvalue weighted by Crippen LogP contribution is 2.23. The number of carbonyl (C=O) groups excluding carboxylic acids is 1. The Kier molecular flexibility index (Phi) is 7.63. The predicted molar refractivity (Wildman–Crippen MR) is 127 cm³/mol. The van der Waals surface area contributed by atoms with Crippen LogP contribution in [-0.2, 0) is 11.3 Å². The Morgan fingerprint density at radius 3 is 2.62 bits per heavy atom. The highest BCUT2D eigenvalue weighted by Gasteiger charge is 2.28. The van der Waals surface area contributed by atoms with E-state index >= 15 is 0 Å². The van der Waals surface area contributed by atoms with Crippen LogP contribution in [0, 0.1) is 12.8 Å². The second kappa shape index (κ2) is 10.6. The third-order valence-corrected chi connectivity index (χ3v) is 6.95. The minimum atomic E-state index is 0.0924. The molecule has 2 aliphatic heterocycles. The molecule has 2 aliphatic rings. The van der Waals surface area contributed by atoms with Crippen LogP contribution in [0.1, 0.15) is 67.1 Å². The van der Waals surface area contributed by atoms with Crippen molar-refractivity contribution in [2.45, 2.75) is 65.1 Å². The SMILES string of the molecule is Cc1ccccc1CN1CCC(CN(C[C@@H]2CCCO2)C(=O)c2cnn(C(C)C)c2)CC1. The molecule has 0 aliphatic carbocycles. The molecule has 1 aromatic carbocycles. The number of benzene rings is 1. The van der Waals surface area contributed by atoms with Gasteiger partial charge < -0.3 is 9.64 Å². The van der Waals surface area contributed by atoms with E-state index < -0.39 is 0 Å². The van der Waals surface area contributed by atoms with Crippen LogP contribution in [0.25, 0.3) is 0 Å². The molecule has 1 aromatic heterocycles. The summed E-state index contributed by atoms with van der Waals surface area (Å²) in [6.07, 6.45) is 8.17. The van der Waals surface area contributed by atoms with E-state index in [-0.39, 0.29) is 18.1 Å². The van der Waals surface area contributed by atoms with E-state index in [4.69, 9.17) is 4.74 Å². The molecule has 6 heteroatoms. The van der Waals surface area contributed by atoms with Crippen LogP contribution < -0.4 is 0 Å². The standard InChI is InChI=1S/C26H38N4O2/c1-20(2)30-18-24(15-27-30)26(31)29(19-25-9-6-14-32-25)16-22-10-12-28(13-11-22)17-23-8-5-4-7-21(23)3/h4-5,7-8,15,18,20,22,25H,6,9-14,16-17,19H2,1-3H3/t25-/m0/s1. The minimum absolute atomic E-state index is 0.0924. The molecule has 1 atom stereocenters. The van der Waals surface area contributed by atoms with Gasteiger partial charge in [-0.2, -0.15) is 5.10 Å². The minimum Gasteiger partial charge on any atom is -0.376 e. The number of piperidine rings is 1. The third kappa shape index (κ3) is 5.78. The van der Waals surface area contributed by atoms with Gasteiger partial charge in [-0.25, -0.2) is 0 Å². The summed E-state index contributed by atoms with van der Waals surface area (Å²) in [7, 11) is 0. The number of amides is 1. The number of ether oxygens (including phenoxy) is 1. The molecule has 6 nitrogen and oxygen atoms in total. The van der Waals surface area contributed by atoms with Gasteiger partial charge in [0, 0.05) is 38.5 Å². The average Bonchev–Trinajstić information content (AvgIpc) is 3.48. The summed E-state index contributed by atoms with van der Waals surface area (Å²) in [6.45, 7) is 11.9. The van der Waals surface area contributed by atoms with E-state index in [1.165, 1.54) is 11.1 Å². The Morgan fingerprint density at radius 1 is 1.19 bits per heavy atom. The molecule has 2 saturated heterocycles. The van der Waals surface area contributed by atoms with Crippen LogP contribution >= 0.6 is 0 Å². The summed E-state index contributed by atoms with van der Waals surface area (Å²) >= 11 is 0. The Hall–Kier alpha value is -2.18. The number of aromatic nitrogens is 2. The van der Waals surface area contributed by atoms with Crippen molar-refractivity contribution in [2.24, 2.45) is 5.92 Å². The van der Waals surface area contributed by atoms with E-state index in [0.29, 0.717) is 18.0 Å². The first kappa shape index (κ1) is 23.0.